The highest BCUT2D eigenvalue weighted by molar-refractivity contribution is 5.56. The van der Waals surface area contributed by atoms with E-state index in [2.05, 4.69) is 35.9 Å². The fourth-order valence-electron chi connectivity index (χ4n) is 2.86. The molecule has 5 rings (SSSR count). The Balaban J connectivity index is 1.67. The minimum absolute atomic E-state index is 0.0815. The molecule has 1 saturated carbocycles. The van der Waals surface area contributed by atoms with E-state index in [1.54, 1.807) is 36.5 Å². The molecule has 3 aromatic heterocycles. The topological polar surface area (TPSA) is 134 Å². The summed E-state index contributed by atoms with van der Waals surface area (Å²) in [4.78, 5) is 29.6. The van der Waals surface area contributed by atoms with Gasteiger partial charge in [0, 0.05) is 10.8 Å². The number of nitrogens with one attached hydrogen (secondary N) is 2. The Labute approximate surface area is 168 Å². The number of fused-ring (bicyclic) bond motifs is 1. The molecule has 3 heterocycles. The molecule has 10 nitrogen and oxygen atoms in total. The second-order valence-electron chi connectivity index (χ2n) is 6.76. The molecule has 1 aliphatic rings. The first-order valence-electron chi connectivity index (χ1n) is 9.16. The minimum Gasteiger partial charge on any atom is -0.493 e. The highest BCUT2D eigenvalue weighted by Crippen LogP contribution is 2.22. The molecule has 0 spiro atoms. The van der Waals surface area contributed by atoms with E-state index in [-0.39, 0.29) is 23.6 Å². The van der Waals surface area contributed by atoms with Crippen molar-refractivity contribution in [1.29, 1.82) is 0 Å². The van der Waals surface area contributed by atoms with Crippen molar-refractivity contribution in [3.05, 3.63) is 63.0 Å². The normalized spacial score (nSPS) is 14.9. The van der Waals surface area contributed by atoms with Gasteiger partial charge in [-0.2, -0.15) is 19.6 Å². The van der Waals surface area contributed by atoms with Crippen LogP contribution >= 0.6 is 0 Å². The molecule has 30 heavy (non-hydrogen) atoms. The summed E-state index contributed by atoms with van der Waals surface area (Å²) in [6.45, 7) is 0. The molecule has 4 aromatic rings. The summed E-state index contributed by atoms with van der Waals surface area (Å²) in [6.07, 6.45) is 10.5. The SMILES string of the molecule is C#Cc1cccc(Oc2nc(=NC3CC3)n3nc/c(=C/c4[nH]c(=O)[nH]c4O)c3n2)c1. The molecule has 0 saturated heterocycles. The van der Waals surface area contributed by atoms with Crippen LogP contribution < -0.4 is 21.3 Å². The number of nitrogens with zero attached hydrogens (tertiary/aromatic N) is 5. The largest absolute Gasteiger partial charge is 0.493 e. The molecule has 0 amide bonds. The van der Waals surface area contributed by atoms with Crippen molar-refractivity contribution < 1.29 is 9.84 Å². The van der Waals surface area contributed by atoms with Gasteiger partial charge in [-0.15, -0.1) is 6.42 Å². The number of rotatable bonds is 4. The van der Waals surface area contributed by atoms with Gasteiger partial charge < -0.3 is 14.8 Å². The third kappa shape index (κ3) is 3.40. The van der Waals surface area contributed by atoms with Crippen LogP contribution in [0.3, 0.4) is 0 Å². The van der Waals surface area contributed by atoms with E-state index in [0.717, 1.165) is 12.8 Å². The van der Waals surface area contributed by atoms with Crippen LogP contribution in [-0.4, -0.2) is 40.7 Å². The van der Waals surface area contributed by atoms with E-state index in [1.807, 2.05) is 0 Å². The Morgan fingerprint density at radius 1 is 1.33 bits per heavy atom. The standard InChI is InChI=1S/C20H15N7O3/c1-2-11-4-3-5-14(8-11)30-20-24-16-12(9-15-17(28)25-19(29)23-15)10-21-27(16)18(26-20)22-13-6-7-13/h1,3-5,8-10,13,28H,6-7H2,(H2,23,25,29)/b12-9-,22-18?. The smallest absolute Gasteiger partial charge is 0.327 e. The number of aromatic nitrogens is 6. The van der Waals surface area contributed by atoms with Gasteiger partial charge in [-0.25, -0.2) is 9.79 Å². The highest BCUT2D eigenvalue weighted by atomic mass is 16.5. The molecule has 0 atom stereocenters. The van der Waals surface area contributed by atoms with Gasteiger partial charge in [-0.05, 0) is 37.1 Å². The molecule has 0 bridgehead atoms. The van der Waals surface area contributed by atoms with Gasteiger partial charge in [-0.3, -0.25) is 4.98 Å². The Morgan fingerprint density at radius 2 is 2.20 bits per heavy atom. The molecule has 148 valence electrons. The van der Waals surface area contributed by atoms with Gasteiger partial charge in [-0.1, -0.05) is 12.0 Å². The van der Waals surface area contributed by atoms with Crippen LogP contribution in [0, 0.1) is 12.3 Å². The van der Waals surface area contributed by atoms with Gasteiger partial charge in [0.15, 0.2) is 5.65 Å². The second kappa shape index (κ2) is 6.89. The van der Waals surface area contributed by atoms with E-state index in [1.165, 1.54) is 4.52 Å². The van der Waals surface area contributed by atoms with E-state index >= 15 is 0 Å². The Bertz CT molecular complexity index is 1490. The van der Waals surface area contributed by atoms with Crippen molar-refractivity contribution in [3.63, 3.8) is 0 Å². The average molecular weight is 401 g/mol. The lowest BCUT2D eigenvalue weighted by Crippen LogP contribution is -2.23. The molecule has 1 aromatic carbocycles. The Hall–Kier alpha value is -4.39. The molecular formula is C20H15N7O3. The lowest BCUT2D eigenvalue weighted by Gasteiger charge is -2.04. The van der Waals surface area contributed by atoms with Crippen molar-refractivity contribution in [2.24, 2.45) is 4.99 Å². The van der Waals surface area contributed by atoms with E-state index < -0.39 is 5.69 Å². The summed E-state index contributed by atoms with van der Waals surface area (Å²) < 4.78 is 7.32. The lowest BCUT2D eigenvalue weighted by atomic mass is 10.2. The number of benzene rings is 1. The zero-order chi connectivity index (χ0) is 20.7. The van der Waals surface area contributed by atoms with Crippen LogP contribution in [0.5, 0.6) is 17.6 Å². The van der Waals surface area contributed by atoms with Crippen LogP contribution in [0.4, 0.5) is 0 Å². The van der Waals surface area contributed by atoms with Crippen LogP contribution in [0.25, 0.3) is 11.7 Å². The van der Waals surface area contributed by atoms with Crippen molar-refractivity contribution in [3.8, 4) is 30.0 Å². The molecule has 0 radical (unpaired) electrons. The maximum Gasteiger partial charge on any atom is 0.327 e. The number of H-pyrrole nitrogens is 2. The Kier molecular flexibility index (Phi) is 4.07. The number of aromatic hydroxyl groups is 1. The first kappa shape index (κ1) is 17.7. The summed E-state index contributed by atoms with van der Waals surface area (Å²) in [5, 5.41) is 14.7. The number of hydrogen-bond donors (Lipinski definition) is 3. The number of imidazole rings is 1. The number of hydrogen-bond acceptors (Lipinski definition) is 7. The van der Waals surface area contributed by atoms with E-state index in [0.29, 0.717) is 27.8 Å². The number of terminal acetylenes is 1. The average Bonchev–Trinajstić information content (AvgIpc) is 3.37. The third-order valence-corrected chi connectivity index (χ3v) is 4.45. The molecular weight excluding hydrogens is 386 g/mol. The van der Waals surface area contributed by atoms with Crippen LogP contribution in [0.15, 0.2) is 40.2 Å². The van der Waals surface area contributed by atoms with Gasteiger partial charge in [0.2, 0.25) is 5.88 Å². The monoisotopic (exact) mass is 401 g/mol. The molecule has 0 aliphatic heterocycles. The second-order valence-corrected chi connectivity index (χ2v) is 6.76. The summed E-state index contributed by atoms with van der Waals surface area (Å²) in [6, 6.07) is 7.30. The summed E-state index contributed by atoms with van der Waals surface area (Å²) in [5.41, 5.74) is 1.12. The molecule has 1 aliphatic carbocycles. The summed E-state index contributed by atoms with van der Waals surface area (Å²) in [5.74, 6) is 2.77. The first-order valence-corrected chi connectivity index (χ1v) is 9.16. The van der Waals surface area contributed by atoms with Gasteiger partial charge in [0.25, 0.3) is 5.62 Å². The lowest BCUT2D eigenvalue weighted by molar-refractivity contribution is 0.435. The fourth-order valence-corrected chi connectivity index (χ4v) is 2.86. The van der Waals surface area contributed by atoms with Gasteiger partial charge in [0.1, 0.15) is 11.4 Å². The quantitative estimate of drug-likeness (QED) is 0.419. The van der Waals surface area contributed by atoms with Gasteiger partial charge in [0.05, 0.1) is 12.2 Å². The zero-order valence-electron chi connectivity index (χ0n) is 15.5. The van der Waals surface area contributed by atoms with E-state index in [4.69, 9.17) is 11.2 Å². The fraction of sp³-hybridized carbons (Fsp3) is 0.150. The summed E-state index contributed by atoms with van der Waals surface area (Å²) >= 11 is 0. The molecule has 3 N–H and O–H groups in total. The molecule has 10 heteroatoms. The maximum atomic E-state index is 11.4. The predicted octanol–water partition coefficient (Wildman–Crippen LogP) is 0.231. The summed E-state index contributed by atoms with van der Waals surface area (Å²) in [7, 11) is 0. The van der Waals surface area contributed by atoms with Crippen molar-refractivity contribution in [2.45, 2.75) is 18.9 Å². The van der Waals surface area contributed by atoms with Gasteiger partial charge >= 0.3 is 11.7 Å². The number of ether oxygens (including phenoxy) is 1. The zero-order valence-corrected chi connectivity index (χ0v) is 15.5. The number of aromatic amines is 2. The molecule has 0 unspecified atom stereocenters. The highest BCUT2D eigenvalue weighted by Gasteiger charge is 2.21. The Morgan fingerprint density at radius 3 is 2.93 bits per heavy atom. The predicted molar refractivity (Wildman–Crippen MR) is 106 cm³/mol. The van der Waals surface area contributed by atoms with E-state index in [9.17, 15) is 9.90 Å². The molecule has 1 fully saturated rings. The minimum atomic E-state index is -0.522. The first-order chi connectivity index (χ1) is 14.6. The van der Waals surface area contributed by atoms with Crippen LogP contribution in [-0.2, 0) is 0 Å². The van der Waals surface area contributed by atoms with Crippen LogP contribution in [0.1, 0.15) is 24.1 Å². The maximum absolute atomic E-state index is 11.4. The van der Waals surface area contributed by atoms with Crippen molar-refractivity contribution >= 4 is 11.7 Å². The van der Waals surface area contributed by atoms with Crippen LogP contribution in [0.2, 0.25) is 0 Å². The van der Waals surface area contributed by atoms with Crippen molar-refractivity contribution in [1.82, 2.24) is 29.5 Å². The van der Waals surface area contributed by atoms with Crippen molar-refractivity contribution in [2.75, 3.05) is 0 Å². The third-order valence-electron chi connectivity index (χ3n) is 4.45.